The molecule has 150 valence electrons. The Labute approximate surface area is 160 Å². The van der Waals surface area contributed by atoms with Crippen molar-refractivity contribution in [2.24, 2.45) is 0 Å². The highest BCUT2D eigenvalue weighted by molar-refractivity contribution is 5.90. The van der Waals surface area contributed by atoms with Gasteiger partial charge < -0.3 is 19.9 Å². The monoisotopic (exact) mass is 379 g/mol. The van der Waals surface area contributed by atoms with Gasteiger partial charge in [-0.15, -0.1) is 0 Å². The highest BCUT2D eigenvalue weighted by atomic mass is 16.6. The van der Waals surface area contributed by atoms with Gasteiger partial charge in [0.2, 0.25) is 0 Å². The molecule has 0 aliphatic heterocycles. The van der Waals surface area contributed by atoms with E-state index < -0.39 is 41.2 Å². The number of benzene rings is 1. The average molecular weight is 379 g/mol. The van der Waals surface area contributed by atoms with Gasteiger partial charge in [0.25, 0.3) is 0 Å². The SMILES string of the molecule is CC(C)(C)OC(=O)NC(CC(=O)O)(Cc1ccccc1)C(=O)OC(C)(C)C. The Hall–Kier alpha value is -2.57. The number of aliphatic carboxylic acids is 1. The summed E-state index contributed by atoms with van der Waals surface area (Å²) >= 11 is 0. The van der Waals surface area contributed by atoms with E-state index >= 15 is 0 Å². The van der Waals surface area contributed by atoms with Crippen molar-refractivity contribution < 1.29 is 29.0 Å². The van der Waals surface area contributed by atoms with E-state index in [0.29, 0.717) is 5.56 Å². The van der Waals surface area contributed by atoms with E-state index in [0.717, 1.165) is 0 Å². The molecule has 7 nitrogen and oxygen atoms in total. The summed E-state index contributed by atoms with van der Waals surface area (Å²) in [6.45, 7) is 10.0. The number of rotatable bonds is 6. The predicted octanol–water partition coefficient (Wildman–Crippen LogP) is 3.31. The van der Waals surface area contributed by atoms with E-state index in [1.165, 1.54) is 0 Å². The van der Waals surface area contributed by atoms with Crippen LogP contribution in [0.4, 0.5) is 4.79 Å². The highest BCUT2D eigenvalue weighted by Gasteiger charge is 2.46. The Bertz CT molecular complexity index is 672. The molecular formula is C20H29NO6. The smallest absolute Gasteiger partial charge is 0.408 e. The lowest BCUT2D eigenvalue weighted by Crippen LogP contribution is -2.59. The molecule has 0 bridgehead atoms. The minimum Gasteiger partial charge on any atom is -0.481 e. The van der Waals surface area contributed by atoms with Crippen LogP contribution in [0.25, 0.3) is 0 Å². The molecule has 0 aromatic heterocycles. The second kappa shape index (κ2) is 8.41. The van der Waals surface area contributed by atoms with Gasteiger partial charge in [-0.1, -0.05) is 30.3 Å². The van der Waals surface area contributed by atoms with Crippen molar-refractivity contribution in [2.45, 2.75) is 71.1 Å². The summed E-state index contributed by atoms with van der Waals surface area (Å²) in [5.74, 6) is -2.07. The summed E-state index contributed by atoms with van der Waals surface area (Å²) in [6, 6.07) is 8.83. The van der Waals surface area contributed by atoms with E-state index in [4.69, 9.17) is 9.47 Å². The predicted molar refractivity (Wildman–Crippen MR) is 100 cm³/mol. The molecule has 7 heteroatoms. The molecule has 0 fully saturated rings. The Balaban J connectivity index is 3.31. The minimum atomic E-state index is -1.80. The van der Waals surface area contributed by atoms with Crippen LogP contribution in [0.2, 0.25) is 0 Å². The number of carbonyl (C=O) groups excluding carboxylic acids is 2. The molecule has 1 atom stereocenters. The number of alkyl carbamates (subject to hydrolysis) is 1. The van der Waals surface area contributed by atoms with Crippen LogP contribution < -0.4 is 5.32 Å². The molecule has 1 rings (SSSR count). The van der Waals surface area contributed by atoms with Crippen molar-refractivity contribution in [3.05, 3.63) is 35.9 Å². The number of hydrogen-bond donors (Lipinski definition) is 2. The molecule has 1 aromatic rings. The molecule has 0 spiro atoms. The second-order valence-electron chi connectivity index (χ2n) is 8.44. The van der Waals surface area contributed by atoms with E-state index in [9.17, 15) is 19.5 Å². The fourth-order valence-corrected chi connectivity index (χ4v) is 2.42. The molecule has 1 amide bonds. The molecular weight excluding hydrogens is 350 g/mol. The van der Waals surface area contributed by atoms with Gasteiger partial charge in [0, 0.05) is 6.42 Å². The molecule has 1 unspecified atom stereocenters. The molecule has 0 aliphatic carbocycles. The third-order valence-corrected chi connectivity index (χ3v) is 3.33. The van der Waals surface area contributed by atoms with Crippen LogP contribution in [0, 0.1) is 0 Å². The van der Waals surface area contributed by atoms with Crippen molar-refractivity contribution in [3.8, 4) is 0 Å². The van der Waals surface area contributed by atoms with Gasteiger partial charge in [0.15, 0.2) is 5.54 Å². The van der Waals surface area contributed by atoms with E-state index in [1.807, 2.05) is 0 Å². The summed E-state index contributed by atoms with van der Waals surface area (Å²) < 4.78 is 10.7. The van der Waals surface area contributed by atoms with Gasteiger partial charge >= 0.3 is 18.0 Å². The summed E-state index contributed by atoms with van der Waals surface area (Å²) in [6.07, 6.45) is -1.57. The summed E-state index contributed by atoms with van der Waals surface area (Å²) in [7, 11) is 0. The van der Waals surface area contributed by atoms with Crippen molar-refractivity contribution in [3.63, 3.8) is 0 Å². The van der Waals surface area contributed by atoms with Crippen molar-refractivity contribution in [2.75, 3.05) is 0 Å². The normalized spacial score (nSPS) is 14.0. The van der Waals surface area contributed by atoms with Gasteiger partial charge in [-0.05, 0) is 47.1 Å². The topological polar surface area (TPSA) is 102 Å². The summed E-state index contributed by atoms with van der Waals surface area (Å²) in [5.41, 5.74) is -2.78. The summed E-state index contributed by atoms with van der Waals surface area (Å²) in [4.78, 5) is 36.9. The Kier molecular flexibility index (Phi) is 7.00. The number of carboxylic acids is 1. The molecule has 0 radical (unpaired) electrons. The third kappa shape index (κ3) is 8.11. The lowest BCUT2D eigenvalue weighted by atomic mass is 9.87. The number of carboxylic acid groups (broad SMARTS) is 1. The Morgan fingerprint density at radius 1 is 0.926 bits per heavy atom. The first kappa shape index (κ1) is 22.5. The molecule has 0 saturated carbocycles. The molecule has 0 heterocycles. The van der Waals surface area contributed by atoms with Crippen LogP contribution in [0.3, 0.4) is 0 Å². The van der Waals surface area contributed by atoms with E-state index in [2.05, 4.69) is 5.32 Å². The lowest BCUT2D eigenvalue weighted by Gasteiger charge is -2.35. The maximum absolute atomic E-state index is 13.0. The fraction of sp³-hybridized carbons (Fsp3) is 0.550. The van der Waals surface area contributed by atoms with Crippen LogP contribution in [-0.2, 0) is 25.5 Å². The maximum Gasteiger partial charge on any atom is 0.408 e. The molecule has 2 N–H and O–H groups in total. The summed E-state index contributed by atoms with van der Waals surface area (Å²) in [5, 5.41) is 11.9. The molecule has 0 saturated heterocycles. The van der Waals surface area contributed by atoms with Crippen molar-refractivity contribution in [1.29, 1.82) is 0 Å². The number of amides is 1. The maximum atomic E-state index is 13.0. The molecule has 0 aliphatic rings. The van der Waals surface area contributed by atoms with Crippen LogP contribution >= 0.6 is 0 Å². The van der Waals surface area contributed by atoms with Gasteiger partial charge in [-0.25, -0.2) is 9.59 Å². The van der Waals surface area contributed by atoms with Crippen molar-refractivity contribution in [1.82, 2.24) is 5.32 Å². The first-order valence-corrected chi connectivity index (χ1v) is 8.73. The van der Waals surface area contributed by atoms with Crippen molar-refractivity contribution >= 4 is 18.0 Å². The van der Waals surface area contributed by atoms with Gasteiger partial charge in [0.1, 0.15) is 11.2 Å². The number of nitrogens with one attached hydrogen (secondary N) is 1. The highest BCUT2D eigenvalue weighted by Crippen LogP contribution is 2.24. The van der Waals surface area contributed by atoms with Crippen LogP contribution in [-0.4, -0.2) is 39.9 Å². The largest absolute Gasteiger partial charge is 0.481 e. The Morgan fingerprint density at radius 3 is 1.89 bits per heavy atom. The zero-order valence-corrected chi connectivity index (χ0v) is 16.8. The van der Waals surface area contributed by atoms with Crippen LogP contribution in [0.1, 0.15) is 53.5 Å². The molecule has 27 heavy (non-hydrogen) atoms. The number of esters is 1. The number of hydrogen-bond acceptors (Lipinski definition) is 5. The Morgan fingerprint density at radius 2 is 1.44 bits per heavy atom. The average Bonchev–Trinajstić information content (AvgIpc) is 2.43. The van der Waals surface area contributed by atoms with E-state index in [1.54, 1.807) is 71.9 Å². The number of carbonyl (C=O) groups is 3. The second-order valence-corrected chi connectivity index (χ2v) is 8.44. The van der Waals surface area contributed by atoms with Gasteiger partial charge in [0.05, 0.1) is 6.42 Å². The van der Waals surface area contributed by atoms with E-state index in [-0.39, 0.29) is 6.42 Å². The number of ether oxygens (including phenoxy) is 2. The minimum absolute atomic E-state index is 0.0473. The first-order chi connectivity index (χ1) is 12.2. The first-order valence-electron chi connectivity index (χ1n) is 8.73. The zero-order chi connectivity index (χ0) is 20.9. The standard InChI is InChI=1S/C20H29NO6/c1-18(2,3)26-16(24)20(13-15(22)23,12-14-10-8-7-9-11-14)21-17(25)27-19(4,5)6/h7-11H,12-13H2,1-6H3,(H,21,25)(H,22,23). The van der Waals surface area contributed by atoms with Crippen LogP contribution in [0.5, 0.6) is 0 Å². The fourth-order valence-electron chi connectivity index (χ4n) is 2.42. The molecule has 1 aromatic carbocycles. The quantitative estimate of drug-likeness (QED) is 0.735. The van der Waals surface area contributed by atoms with Gasteiger partial charge in [-0.3, -0.25) is 4.79 Å². The third-order valence-electron chi connectivity index (χ3n) is 3.33. The van der Waals surface area contributed by atoms with Gasteiger partial charge in [-0.2, -0.15) is 0 Å². The zero-order valence-electron chi connectivity index (χ0n) is 16.8. The van der Waals surface area contributed by atoms with Crippen LogP contribution in [0.15, 0.2) is 30.3 Å². The lowest BCUT2D eigenvalue weighted by molar-refractivity contribution is -0.166.